The Balaban J connectivity index is 1.60. The molecule has 1 aromatic heterocycles. The molecule has 0 spiro atoms. The number of hydrogen-bond donors (Lipinski definition) is 2. The molecule has 24 heavy (non-hydrogen) atoms. The molecule has 8 heteroatoms. The smallest absolute Gasteiger partial charge is 0.318 e. The van der Waals surface area contributed by atoms with E-state index in [0.717, 1.165) is 12.2 Å². The van der Waals surface area contributed by atoms with Gasteiger partial charge in [-0.2, -0.15) is 0 Å². The highest BCUT2D eigenvalue weighted by Gasteiger charge is 2.35. The van der Waals surface area contributed by atoms with Gasteiger partial charge in [-0.05, 0) is 26.2 Å². The third-order valence-corrected chi connectivity index (χ3v) is 4.90. The van der Waals surface area contributed by atoms with Gasteiger partial charge in [-0.3, -0.25) is 4.79 Å². The van der Waals surface area contributed by atoms with Crippen LogP contribution >= 0.6 is 0 Å². The molecule has 2 N–H and O–H groups in total. The summed E-state index contributed by atoms with van der Waals surface area (Å²) < 4.78 is 1.89. The van der Waals surface area contributed by atoms with Crippen molar-refractivity contribution in [3.63, 3.8) is 0 Å². The molecule has 132 valence electrons. The van der Waals surface area contributed by atoms with Crippen molar-refractivity contribution in [1.29, 1.82) is 0 Å². The van der Waals surface area contributed by atoms with E-state index in [1.54, 1.807) is 16.0 Å². The van der Waals surface area contributed by atoms with Gasteiger partial charge in [0.15, 0.2) is 0 Å². The molecule has 2 aliphatic rings. The molecule has 3 amide bonds. The molecule has 2 saturated heterocycles. The normalized spacial score (nSPS) is 27.6. The van der Waals surface area contributed by atoms with Crippen molar-refractivity contribution in [2.45, 2.75) is 50.9 Å². The lowest BCUT2D eigenvalue weighted by molar-refractivity contribution is -0.136. The predicted molar refractivity (Wildman–Crippen MR) is 87.0 cm³/mol. The average molecular weight is 335 g/mol. The summed E-state index contributed by atoms with van der Waals surface area (Å²) in [6, 6.07) is -0.782. The topological polar surface area (TPSA) is 90.7 Å². The number of nitrogens with one attached hydrogen (secondary N) is 1. The zero-order chi connectivity index (χ0) is 17.3. The molecular formula is C16H25N5O3. The first-order valence-corrected chi connectivity index (χ1v) is 8.46. The van der Waals surface area contributed by atoms with E-state index in [1.165, 1.54) is 0 Å². The fourth-order valence-corrected chi connectivity index (χ4v) is 3.47. The Bertz CT molecular complexity index is 617. The van der Waals surface area contributed by atoms with E-state index in [4.69, 9.17) is 0 Å². The molecule has 0 aliphatic carbocycles. The van der Waals surface area contributed by atoms with Crippen LogP contribution in [-0.4, -0.2) is 67.7 Å². The SMILES string of the molecule is CC1CC(O)CN1C(=O)NC1CCCN(Cc2nccn2C)C1=O. The summed E-state index contributed by atoms with van der Waals surface area (Å²) in [6.07, 6.45) is 5.16. The highest BCUT2D eigenvalue weighted by Crippen LogP contribution is 2.19. The van der Waals surface area contributed by atoms with Gasteiger partial charge in [0.25, 0.3) is 0 Å². The second-order valence-electron chi connectivity index (χ2n) is 6.75. The second kappa shape index (κ2) is 6.80. The monoisotopic (exact) mass is 335 g/mol. The molecule has 2 aliphatic heterocycles. The van der Waals surface area contributed by atoms with Gasteiger partial charge in [0.05, 0.1) is 12.6 Å². The first kappa shape index (κ1) is 16.8. The Kier molecular flexibility index (Phi) is 4.75. The fourth-order valence-electron chi connectivity index (χ4n) is 3.47. The molecule has 2 fully saturated rings. The number of rotatable bonds is 3. The molecule has 1 aromatic rings. The number of hydrogen-bond acceptors (Lipinski definition) is 4. The van der Waals surface area contributed by atoms with Crippen molar-refractivity contribution in [2.75, 3.05) is 13.1 Å². The molecule has 8 nitrogen and oxygen atoms in total. The number of likely N-dealkylation sites (tertiary alicyclic amines) is 2. The number of carbonyl (C=O) groups is 2. The summed E-state index contributed by atoms with van der Waals surface area (Å²) in [7, 11) is 1.90. The minimum absolute atomic E-state index is 0.0117. The lowest BCUT2D eigenvalue weighted by Crippen LogP contribution is -2.55. The van der Waals surface area contributed by atoms with Gasteiger partial charge in [-0.25, -0.2) is 9.78 Å². The van der Waals surface area contributed by atoms with Crippen LogP contribution in [0.5, 0.6) is 0 Å². The van der Waals surface area contributed by atoms with Crippen LogP contribution in [0.4, 0.5) is 4.79 Å². The van der Waals surface area contributed by atoms with E-state index >= 15 is 0 Å². The number of aromatic nitrogens is 2. The minimum atomic E-state index is -0.503. The number of imidazole rings is 1. The number of nitrogens with zero attached hydrogens (tertiary/aromatic N) is 4. The van der Waals surface area contributed by atoms with E-state index < -0.39 is 12.1 Å². The Hall–Kier alpha value is -2.09. The van der Waals surface area contributed by atoms with Gasteiger partial charge in [-0.15, -0.1) is 0 Å². The van der Waals surface area contributed by atoms with Crippen molar-refractivity contribution < 1.29 is 14.7 Å². The summed E-state index contributed by atoms with van der Waals surface area (Å²) in [6.45, 7) is 3.36. The Labute approximate surface area is 141 Å². The molecule has 0 bridgehead atoms. The number of aliphatic hydroxyl groups is 1. The highest BCUT2D eigenvalue weighted by atomic mass is 16.3. The van der Waals surface area contributed by atoms with Crippen molar-refractivity contribution in [3.05, 3.63) is 18.2 Å². The molecule has 0 radical (unpaired) electrons. The van der Waals surface area contributed by atoms with E-state index in [0.29, 0.717) is 32.5 Å². The summed E-state index contributed by atoms with van der Waals surface area (Å²) >= 11 is 0. The number of carbonyl (C=O) groups excluding carboxylic acids is 2. The van der Waals surface area contributed by atoms with Crippen molar-refractivity contribution in [2.24, 2.45) is 7.05 Å². The van der Waals surface area contributed by atoms with Crippen LogP contribution in [0, 0.1) is 0 Å². The number of piperidine rings is 1. The molecule has 0 aromatic carbocycles. The van der Waals surface area contributed by atoms with Gasteiger partial charge in [-0.1, -0.05) is 0 Å². The highest BCUT2D eigenvalue weighted by molar-refractivity contribution is 5.87. The number of urea groups is 1. The van der Waals surface area contributed by atoms with Gasteiger partial charge in [0.2, 0.25) is 5.91 Å². The summed E-state index contributed by atoms with van der Waals surface area (Å²) in [5, 5.41) is 12.5. The maximum absolute atomic E-state index is 12.7. The van der Waals surface area contributed by atoms with Crippen LogP contribution in [0.25, 0.3) is 0 Å². The van der Waals surface area contributed by atoms with Crippen LogP contribution < -0.4 is 5.32 Å². The van der Waals surface area contributed by atoms with Gasteiger partial charge < -0.3 is 24.8 Å². The van der Waals surface area contributed by atoms with Crippen molar-refractivity contribution >= 4 is 11.9 Å². The van der Waals surface area contributed by atoms with Crippen molar-refractivity contribution in [1.82, 2.24) is 24.7 Å². The van der Waals surface area contributed by atoms with Crippen LogP contribution in [0.15, 0.2) is 12.4 Å². The van der Waals surface area contributed by atoms with Gasteiger partial charge >= 0.3 is 6.03 Å². The van der Waals surface area contributed by atoms with Crippen molar-refractivity contribution in [3.8, 4) is 0 Å². The maximum Gasteiger partial charge on any atom is 0.318 e. The first-order chi connectivity index (χ1) is 11.5. The third-order valence-electron chi connectivity index (χ3n) is 4.90. The van der Waals surface area contributed by atoms with E-state index in [1.807, 2.05) is 24.7 Å². The lowest BCUT2D eigenvalue weighted by atomic mass is 10.0. The second-order valence-corrected chi connectivity index (χ2v) is 6.75. The Morgan fingerprint density at radius 1 is 1.50 bits per heavy atom. The van der Waals surface area contributed by atoms with E-state index in [9.17, 15) is 14.7 Å². The van der Waals surface area contributed by atoms with Crippen LogP contribution in [-0.2, 0) is 18.4 Å². The molecular weight excluding hydrogens is 310 g/mol. The molecule has 3 unspecified atom stereocenters. The number of aliphatic hydroxyl groups excluding tert-OH is 1. The number of β-amino-alcohol motifs (C(OH)–C–C–N with tert-alkyl or cyclic N) is 1. The average Bonchev–Trinajstić information content (AvgIpc) is 3.08. The largest absolute Gasteiger partial charge is 0.391 e. The molecule has 0 saturated carbocycles. The summed E-state index contributed by atoms with van der Waals surface area (Å²) in [5.41, 5.74) is 0. The maximum atomic E-state index is 12.7. The zero-order valence-corrected chi connectivity index (χ0v) is 14.2. The molecule has 3 heterocycles. The van der Waals surface area contributed by atoms with Crippen LogP contribution in [0.2, 0.25) is 0 Å². The summed E-state index contributed by atoms with van der Waals surface area (Å²) in [4.78, 5) is 32.7. The quantitative estimate of drug-likeness (QED) is 0.818. The van der Waals surface area contributed by atoms with Gasteiger partial charge in [0, 0.05) is 38.6 Å². The third kappa shape index (κ3) is 3.38. The van der Waals surface area contributed by atoms with E-state index in [-0.39, 0.29) is 18.0 Å². The summed E-state index contributed by atoms with van der Waals surface area (Å²) in [5.74, 6) is 0.761. The fraction of sp³-hybridized carbons (Fsp3) is 0.688. The molecule has 3 atom stereocenters. The Morgan fingerprint density at radius 3 is 2.92 bits per heavy atom. The zero-order valence-electron chi connectivity index (χ0n) is 14.2. The van der Waals surface area contributed by atoms with Crippen LogP contribution in [0.1, 0.15) is 32.0 Å². The first-order valence-electron chi connectivity index (χ1n) is 8.46. The number of aryl methyl sites for hydroxylation is 1. The minimum Gasteiger partial charge on any atom is -0.391 e. The van der Waals surface area contributed by atoms with Gasteiger partial charge in [0.1, 0.15) is 11.9 Å². The predicted octanol–water partition coefficient (Wildman–Crippen LogP) is 0.0758. The van der Waals surface area contributed by atoms with Crippen LogP contribution in [0.3, 0.4) is 0 Å². The lowest BCUT2D eigenvalue weighted by Gasteiger charge is -2.33. The number of amides is 3. The van der Waals surface area contributed by atoms with E-state index in [2.05, 4.69) is 10.3 Å². The Morgan fingerprint density at radius 2 is 2.29 bits per heavy atom. The standard InChI is InChI=1S/C16H25N5O3/c1-11-8-12(22)9-21(11)16(24)18-13-4-3-6-20(15(13)23)10-14-17-5-7-19(14)2/h5,7,11-13,22H,3-4,6,8-10H2,1-2H3,(H,18,24). The molecule has 3 rings (SSSR count).